The number of nitrogens with one attached hydrogen (secondary N) is 1. The molecule has 0 aliphatic heterocycles. The van der Waals surface area contributed by atoms with Gasteiger partial charge in [0.2, 0.25) is 5.91 Å². The first kappa shape index (κ1) is 19.3. The quantitative estimate of drug-likeness (QED) is 0.454. The Kier molecular flexibility index (Phi) is 6.04. The molecule has 0 unspecified atom stereocenters. The maximum atomic E-state index is 13.2. The number of carbonyl (C=O) groups excluding carboxylic acids is 1. The minimum atomic E-state index is -0.731. The van der Waals surface area contributed by atoms with Crippen molar-refractivity contribution < 1.29 is 14.1 Å². The van der Waals surface area contributed by atoms with Gasteiger partial charge in [-0.1, -0.05) is 31.0 Å². The Hall–Kier alpha value is -2.49. The van der Waals surface area contributed by atoms with Crippen LogP contribution in [0.15, 0.2) is 23.4 Å². The van der Waals surface area contributed by atoms with Crippen molar-refractivity contribution in [3.63, 3.8) is 0 Å². The molecule has 0 saturated heterocycles. The van der Waals surface area contributed by atoms with Crippen LogP contribution in [0.3, 0.4) is 0 Å². The number of benzene rings is 1. The molecule has 0 atom stereocenters. The molecule has 1 N–H and O–H groups in total. The van der Waals surface area contributed by atoms with Crippen molar-refractivity contribution in [2.24, 2.45) is 0 Å². The van der Waals surface area contributed by atoms with E-state index in [-0.39, 0.29) is 11.4 Å². The number of halogens is 1. The number of rotatable bonds is 6. The van der Waals surface area contributed by atoms with Crippen molar-refractivity contribution >= 4 is 29.0 Å². The van der Waals surface area contributed by atoms with Crippen molar-refractivity contribution in [2.45, 2.75) is 50.2 Å². The number of amides is 1. The molecule has 27 heavy (non-hydrogen) atoms. The molecule has 1 aromatic carbocycles. The fourth-order valence-electron chi connectivity index (χ4n) is 3.29. The highest BCUT2D eigenvalue weighted by Gasteiger charge is 2.22. The molecule has 1 saturated carbocycles. The molecule has 1 fully saturated rings. The lowest BCUT2D eigenvalue weighted by Crippen LogP contribution is -2.18. The summed E-state index contributed by atoms with van der Waals surface area (Å²) in [5.41, 5.74) is -0.508. The summed E-state index contributed by atoms with van der Waals surface area (Å²) in [6.07, 6.45) is 5.71. The van der Waals surface area contributed by atoms with Gasteiger partial charge in [0.25, 0.3) is 5.69 Å². The molecule has 1 aliphatic rings. The fourth-order valence-corrected chi connectivity index (χ4v) is 4.14. The van der Waals surface area contributed by atoms with E-state index < -0.39 is 22.3 Å². The molecule has 2 aromatic rings. The molecular weight excluding hydrogens is 373 g/mol. The first-order chi connectivity index (χ1) is 13.0. The number of aryl methyl sites for hydroxylation is 1. The molecule has 1 aliphatic carbocycles. The molecule has 10 heteroatoms. The van der Waals surface area contributed by atoms with Gasteiger partial charge in [-0.15, -0.1) is 10.2 Å². The number of hydrogen-bond donors (Lipinski definition) is 1. The Morgan fingerprint density at radius 3 is 2.81 bits per heavy atom. The van der Waals surface area contributed by atoms with E-state index in [1.54, 1.807) is 0 Å². The maximum absolute atomic E-state index is 13.2. The summed E-state index contributed by atoms with van der Waals surface area (Å²) < 4.78 is 15.3. The van der Waals surface area contributed by atoms with Crippen LogP contribution in [0.25, 0.3) is 0 Å². The zero-order valence-corrected chi connectivity index (χ0v) is 15.7. The monoisotopic (exact) mass is 393 g/mol. The molecule has 1 heterocycles. The predicted octanol–water partition coefficient (Wildman–Crippen LogP) is 3.87. The van der Waals surface area contributed by atoms with Crippen LogP contribution in [-0.4, -0.2) is 31.3 Å². The van der Waals surface area contributed by atoms with E-state index in [0.717, 1.165) is 30.8 Å². The first-order valence-electron chi connectivity index (χ1n) is 8.74. The minimum absolute atomic E-state index is 0.0272. The summed E-state index contributed by atoms with van der Waals surface area (Å²) in [5.74, 6) is -0.311. The highest BCUT2D eigenvalue weighted by molar-refractivity contribution is 7.99. The van der Waals surface area contributed by atoms with Gasteiger partial charge in [-0.3, -0.25) is 14.9 Å². The predicted molar refractivity (Wildman–Crippen MR) is 99.3 cm³/mol. The second-order valence-electron chi connectivity index (χ2n) is 6.45. The smallest absolute Gasteiger partial charge is 0.295 e. The number of carbonyl (C=O) groups is 1. The lowest BCUT2D eigenvalue weighted by molar-refractivity contribution is -0.384. The molecule has 1 aromatic heterocycles. The van der Waals surface area contributed by atoms with Gasteiger partial charge in [-0.05, 0) is 31.9 Å². The number of thioether (sulfide) groups is 1. The van der Waals surface area contributed by atoms with Gasteiger partial charge in [0.15, 0.2) is 5.16 Å². The highest BCUT2D eigenvalue weighted by Crippen LogP contribution is 2.32. The molecule has 1 amide bonds. The number of anilines is 1. The summed E-state index contributed by atoms with van der Waals surface area (Å²) in [7, 11) is 0. The standard InChI is InChI=1S/C17H20FN5O3S/c1-11-20-21-17(22(11)13-5-3-2-4-6-13)27-10-16(24)19-14-8-7-12(18)9-15(14)23(25)26/h7-9,13H,2-6,10H2,1H3,(H,19,24). The van der Waals surface area contributed by atoms with Crippen molar-refractivity contribution in [3.8, 4) is 0 Å². The molecule has 3 rings (SSSR count). The van der Waals surface area contributed by atoms with E-state index in [4.69, 9.17) is 0 Å². The Bertz CT molecular complexity index is 851. The molecule has 0 radical (unpaired) electrons. The normalized spacial score (nSPS) is 14.9. The van der Waals surface area contributed by atoms with E-state index >= 15 is 0 Å². The number of nitrogens with zero attached hydrogens (tertiary/aromatic N) is 4. The van der Waals surface area contributed by atoms with Gasteiger partial charge in [0, 0.05) is 6.04 Å². The van der Waals surface area contributed by atoms with Crippen molar-refractivity contribution in [3.05, 3.63) is 40.0 Å². The third-order valence-corrected chi connectivity index (χ3v) is 5.48. The van der Waals surface area contributed by atoms with Gasteiger partial charge in [-0.25, -0.2) is 4.39 Å². The van der Waals surface area contributed by atoms with Crippen LogP contribution in [0.4, 0.5) is 15.8 Å². The fraction of sp³-hybridized carbons (Fsp3) is 0.471. The van der Waals surface area contributed by atoms with Crippen molar-refractivity contribution in [1.29, 1.82) is 0 Å². The molecule has 0 spiro atoms. The molecule has 0 bridgehead atoms. The first-order valence-corrected chi connectivity index (χ1v) is 9.72. The number of nitro benzene ring substituents is 1. The lowest BCUT2D eigenvalue weighted by atomic mass is 9.95. The number of aromatic nitrogens is 3. The lowest BCUT2D eigenvalue weighted by Gasteiger charge is -2.24. The van der Waals surface area contributed by atoms with Crippen LogP contribution in [0.2, 0.25) is 0 Å². The molecule has 8 nitrogen and oxygen atoms in total. The minimum Gasteiger partial charge on any atom is -0.320 e. The summed E-state index contributed by atoms with van der Waals surface area (Å²) >= 11 is 1.24. The van der Waals surface area contributed by atoms with Crippen LogP contribution in [0.1, 0.15) is 44.0 Å². The number of nitro groups is 1. The topological polar surface area (TPSA) is 103 Å². The third-order valence-electron chi connectivity index (χ3n) is 4.54. The molecular formula is C17H20FN5O3S. The average Bonchev–Trinajstić information content (AvgIpc) is 3.02. The van der Waals surface area contributed by atoms with Crippen LogP contribution in [0.5, 0.6) is 0 Å². The van der Waals surface area contributed by atoms with E-state index in [9.17, 15) is 19.3 Å². The average molecular weight is 393 g/mol. The van der Waals surface area contributed by atoms with Crippen molar-refractivity contribution in [2.75, 3.05) is 11.1 Å². The van der Waals surface area contributed by atoms with E-state index in [2.05, 4.69) is 20.1 Å². The summed E-state index contributed by atoms with van der Waals surface area (Å²) in [6.45, 7) is 1.90. The van der Waals surface area contributed by atoms with Gasteiger partial charge in [0.05, 0.1) is 16.7 Å². The van der Waals surface area contributed by atoms with E-state index in [1.807, 2.05) is 6.92 Å². The Labute approximate surface area is 159 Å². The zero-order chi connectivity index (χ0) is 19.4. The van der Waals surface area contributed by atoms with Gasteiger partial charge in [-0.2, -0.15) is 0 Å². The number of hydrogen-bond acceptors (Lipinski definition) is 6. The van der Waals surface area contributed by atoms with Crippen molar-refractivity contribution in [1.82, 2.24) is 14.8 Å². The zero-order valence-electron chi connectivity index (χ0n) is 14.9. The summed E-state index contributed by atoms with van der Waals surface area (Å²) in [4.78, 5) is 22.5. The van der Waals surface area contributed by atoms with Gasteiger partial charge in [0.1, 0.15) is 17.3 Å². The Morgan fingerprint density at radius 2 is 2.11 bits per heavy atom. The SMILES string of the molecule is Cc1nnc(SCC(=O)Nc2ccc(F)cc2[N+](=O)[O-])n1C1CCCCC1. The largest absolute Gasteiger partial charge is 0.320 e. The Morgan fingerprint density at radius 1 is 1.37 bits per heavy atom. The summed E-state index contributed by atoms with van der Waals surface area (Å²) in [5, 5.41) is 22.5. The van der Waals surface area contributed by atoms with E-state index in [1.165, 1.54) is 37.1 Å². The van der Waals surface area contributed by atoms with Gasteiger partial charge < -0.3 is 9.88 Å². The van der Waals surface area contributed by atoms with Crippen LogP contribution in [-0.2, 0) is 4.79 Å². The van der Waals surface area contributed by atoms with E-state index in [0.29, 0.717) is 11.2 Å². The molecule has 144 valence electrons. The van der Waals surface area contributed by atoms with Crippen LogP contribution < -0.4 is 5.32 Å². The van der Waals surface area contributed by atoms with Crippen LogP contribution in [0, 0.1) is 22.9 Å². The Balaban J connectivity index is 1.66. The summed E-state index contributed by atoms with van der Waals surface area (Å²) in [6, 6.07) is 3.38. The third kappa shape index (κ3) is 4.62. The second-order valence-corrected chi connectivity index (χ2v) is 7.39. The van der Waals surface area contributed by atoms with Gasteiger partial charge >= 0.3 is 0 Å². The highest BCUT2D eigenvalue weighted by atomic mass is 32.2. The van der Waals surface area contributed by atoms with Crippen LogP contribution >= 0.6 is 11.8 Å². The second kappa shape index (κ2) is 8.47. The maximum Gasteiger partial charge on any atom is 0.295 e.